The highest BCUT2D eigenvalue weighted by atomic mass is 32.2. The van der Waals surface area contributed by atoms with Gasteiger partial charge in [0.2, 0.25) is 0 Å². The highest BCUT2D eigenvalue weighted by Crippen LogP contribution is 2.28. The van der Waals surface area contributed by atoms with Crippen LogP contribution in [0.5, 0.6) is 0 Å². The van der Waals surface area contributed by atoms with E-state index in [-0.39, 0.29) is 0 Å². The van der Waals surface area contributed by atoms with Crippen molar-refractivity contribution in [3.8, 4) is 0 Å². The lowest BCUT2D eigenvalue weighted by Gasteiger charge is -2.36. The fourth-order valence-corrected chi connectivity index (χ4v) is 3.36. The van der Waals surface area contributed by atoms with Gasteiger partial charge in [0, 0.05) is 29.8 Å². The van der Waals surface area contributed by atoms with E-state index in [1.807, 2.05) is 0 Å². The molecule has 2 fully saturated rings. The van der Waals surface area contributed by atoms with Gasteiger partial charge in [0.25, 0.3) is 0 Å². The zero-order valence-electron chi connectivity index (χ0n) is 7.92. The number of likely N-dealkylation sites (tertiary alicyclic amines) is 1. The Kier molecular flexibility index (Phi) is 2.63. The number of hydrogen-bond acceptors (Lipinski definition) is 3. The Morgan fingerprint density at radius 3 is 3.08 bits per heavy atom. The Morgan fingerprint density at radius 2 is 2.33 bits per heavy atom. The van der Waals surface area contributed by atoms with Gasteiger partial charge in [-0.05, 0) is 26.8 Å². The van der Waals surface area contributed by atoms with E-state index in [1.54, 1.807) is 0 Å². The van der Waals surface area contributed by atoms with Crippen molar-refractivity contribution in [2.75, 3.05) is 19.0 Å². The number of fused-ring (bicyclic) bond motifs is 1. The third-order valence-corrected chi connectivity index (χ3v) is 4.20. The van der Waals surface area contributed by atoms with Crippen LogP contribution >= 0.6 is 11.8 Å². The second-order valence-corrected chi connectivity index (χ2v) is 5.26. The minimum Gasteiger partial charge on any atom is -0.304 e. The largest absolute Gasteiger partial charge is 0.304 e. The summed E-state index contributed by atoms with van der Waals surface area (Å²) in [5.41, 5.74) is 0. The number of piperidine rings is 1. The van der Waals surface area contributed by atoms with Gasteiger partial charge in [0.15, 0.2) is 0 Å². The maximum Gasteiger partial charge on any atom is 0.0424 e. The van der Waals surface area contributed by atoms with Gasteiger partial charge in [-0.3, -0.25) is 4.90 Å². The van der Waals surface area contributed by atoms with E-state index in [0.717, 1.165) is 17.3 Å². The summed E-state index contributed by atoms with van der Waals surface area (Å²) >= 11 is 2.09. The zero-order valence-corrected chi connectivity index (χ0v) is 8.73. The molecule has 0 saturated carbocycles. The van der Waals surface area contributed by atoms with Crippen LogP contribution in [-0.4, -0.2) is 41.2 Å². The first-order valence-electron chi connectivity index (χ1n) is 4.86. The molecule has 2 aliphatic rings. The smallest absolute Gasteiger partial charge is 0.0424 e. The Balaban J connectivity index is 1.92. The molecule has 0 aliphatic carbocycles. The predicted molar refractivity (Wildman–Crippen MR) is 54.5 cm³/mol. The van der Waals surface area contributed by atoms with Crippen molar-refractivity contribution in [3.63, 3.8) is 0 Å². The van der Waals surface area contributed by atoms with E-state index in [2.05, 4.69) is 35.8 Å². The van der Waals surface area contributed by atoms with Gasteiger partial charge in [-0.1, -0.05) is 0 Å². The molecule has 2 atom stereocenters. The van der Waals surface area contributed by atoms with E-state index in [1.165, 1.54) is 25.4 Å². The summed E-state index contributed by atoms with van der Waals surface area (Å²) in [7, 11) is 0. The van der Waals surface area contributed by atoms with Gasteiger partial charge in [-0.25, -0.2) is 0 Å². The normalized spacial score (nSPS) is 37.2. The SMILES string of the molecule is CC(C)N1CCC2NCSC2C1. The summed E-state index contributed by atoms with van der Waals surface area (Å²) in [5.74, 6) is 1.17. The lowest BCUT2D eigenvalue weighted by Crippen LogP contribution is -2.49. The van der Waals surface area contributed by atoms with E-state index >= 15 is 0 Å². The maximum atomic E-state index is 3.55. The van der Waals surface area contributed by atoms with Crippen LogP contribution < -0.4 is 5.32 Å². The van der Waals surface area contributed by atoms with Gasteiger partial charge in [0.05, 0.1) is 0 Å². The van der Waals surface area contributed by atoms with Gasteiger partial charge in [0.1, 0.15) is 0 Å². The van der Waals surface area contributed by atoms with Crippen LogP contribution in [0.1, 0.15) is 20.3 Å². The molecule has 2 rings (SSSR count). The molecular formula is C9H18N2S. The standard InChI is InChI=1S/C9H18N2S/c1-7(2)11-4-3-8-9(5-11)12-6-10-8/h7-10H,3-6H2,1-2H3. The first-order valence-corrected chi connectivity index (χ1v) is 5.91. The van der Waals surface area contributed by atoms with Crippen LogP contribution in [0.4, 0.5) is 0 Å². The minimum atomic E-state index is 0.729. The highest BCUT2D eigenvalue weighted by molar-refractivity contribution is 8.00. The molecule has 70 valence electrons. The molecule has 2 aliphatic heterocycles. The topological polar surface area (TPSA) is 15.3 Å². The zero-order chi connectivity index (χ0) is 8.55. The summed E-state index contributed by atoms with van der Waals surface area (Å²) in [6, 6.07) is 1.54. The molecule has 2 nitrogen and oxygen atoms in total. The van der Waals surface area contributed by atoms with Crippen molar-refractivity contribution in [3.05, 3.63) is 0 Å². The molecule has 0 amide bonds. The molecule has 3 heteroatoms. The number of nitrogens with one attached hydrogen (secondary N) is 1. The Labute approximate surface area is 79.1 Å². The summed E-state index contributed by atoms with van der Waals surface area (Å²) < 4.78 is 0. The Morgan fingerprint density at radius 1 is 1.50 bits per heavy atom. The van der Waals surface area contributed by atoms with Gasteiger partial charge >= 0.3 is 0 Å². The van der Waals surface area contributed by atoms with Crippen LogP contribution in [-0.2, 0) is 0 Å². The molecule has 0 bridgehead atoms. The summed E-state index contributed by atoms with van der Waals surface area (Å²) in [6.45, 7) is 7.17. The van der Waals surface area contributed by atoms with Crippen LogP contribution in [0.15, 0.2) is 0 Å². The molecule has 2 heterocycles. The van der Waals surface area contributed by atoms with Crippen molar-refractivity contribution in [1.82, 2.24) is 10.2 Å². The molecule has 0 aromatic carbocycles. The van der Waals surface area contributed by atoms with Crippen molar-refractivity contribution in [2.45, 2.75) is 37.6 Å². The molecule has 2 unspecified atom stereocenters. The maximum absolute atomic E-state index is 3.55. The average molecular weight is 186 g/mol. The monoisotopic (exact) mass is 186 g/mol. The van der Waals surface area contributed by atoms with Crippen LogP contribution in [0.3, 0.4) is 0 Å². The van der Waals surface area contributed by atoms with Crippen molar-refractivity contribution in [2.24, 2.45) is 0 Å². The molecule has 0 spiro atoms. The summed E-state index contributed by atoms with van der Waals surface area (Å²) in [5, 5.41) is 4.42. The van der Waals surface area contributed by atoms with Gasteiger partial charge in [-0.15, -0.1) is 11.8 Å². The van der Waals surface area contributed by atoms with E-state index < -0.39 is 0 Å². The predicted octanol–water partition coefficient (Wildman–Crippen LogP) is 1.13. The second kappa shape index (κ2) is 3.56. The number of rotatable bonds is 1. The van der Waals surface area contributed by atoms with Gasteiger partial charge in [-0.2, -0.15) is 0 Å². The van der Waals surface area contributed by atoms with E-state index in [0.29, 0.717) is 0 Å². The quantitative estimate of drug-likeness (QED) is 0.661. The lowest BCUT2D eigenvalue weighted by atomic mass is 10.0. The van der Waals surface area contributed by atoms with Crippen LogP contribution in [0.2, 0.25) is 0 Å². The summed E-state index contributed by atoms with van der Waals surface area (Å²) in [4.78, 5) is 2.60. The summed E-state index contributed by atoms with van der Waals surface area (Å²) in [6.07, 6.45) is 1.34. The fraction of sp³-hybridized carbons (Fsp3) is 1.00. The molecular weight excluding hydrogens is 168 g/mol. The molecule has 12 heavy (non-hydrogen) atoms. The number of hydrogen-bond donors (Lipinski definition) is 1. The lowest BCUT2D eigenvalue weighted by molar-refractivity contribution is 0.173. The Hall–Kier alpha value is 0.270. The first-order chi connectivity index (χ1) is 5.77. The van der Waals surface area contributed by atoms with Gasteiger partial charge < -0.3 is 5.32 Å². The average Bonchev–Trinajstić information content (AvgIpc) is 2.49. The third kappa shape index (κ3) is 1.63. The molecule has 0 radical (unpaired) electrons. The number of nitrogens with zero attached hydrogens (tertiary/aromatic N) is 1. The minimum absolute atomic E-state index is 0.729. The van der Waals surface area contributed by atoms with Crippen LogP contribution in [0.25, 0.3) is 0 Å². The van der Waals surface area contributed by atoms with E-state index in [9.17, 15) is 0 Å². The number of thioether (sulfide) groups is 1. The third-order valence-electron chi connectivity index (χ3n) is 2.96. The van der Waals surface area contributed by atoms with Crippen LogP contribution in [0, 0.1) is 0 Å². The van der Waals surface area contributed by atoms with Crippen molar-refractivity contribution >= 4 is 11.8 Å². The van der Waals surface area contributed by atoms with Crippen molar-refractivity contribution < 1.29 is 0 Å². The molecule has 0 aromatic heterocycles. The first kappa shape index (κ1) is 8.85. The second-order valence-electron chi connectivity index (χ2n) is 4.04. The van der Waals surface area contributed by atoms with Crippen molar-refractivity contribution in [1.29, 1.82) is 0 Å². The van der Waals surface area contributed by atoms with E-state index in [4.69, 9.17) is 0 Å². The molecule has 0 aromatic rings. The highest BCUT2D eigenvalue weighted by Gasteiger charge is 2.33. The fourth-order valence-electron chi connectivity index (χ4n) is 2.07. The molecule has 2 saturated heterocycles. The Bertz CT molecular complexity index is 161. The molecule has 1 N–H and O–H groups in total.